The third-order valence-electron chi connectivity index (χ3n) is 5.17. The first-order valence-electron chi connectivity index (χ1n) is 6.54. The minimum atomic E-state index is 0.136. The highest BCUT2D eigenvalue weighted by atomic mass is 16.5. The second-order valence-electron chi connectivity index (χ2n) is 5.91. The maximum atomic E-state index is 11.8. The van der Waals surface area contributed by atoms with Crippen LogP contribution in [0.15, 0.2) is 0 Å². The van der Waals surface area contributed by atoms with Crippen molar-refractivity contribution in [3.8, 4) is 0 Å². The van der Waals surface area contributed by atoms with Gasteiger partial charge in [-0.05, 0) is 25.7 Å². The zero-order chi connectivity index (χ0) is 11.2. The summed E-state index contributed by atoms with van der Waals surface area (Å²) in [4.78, 5) is 11.8. The molecule has 3 nitrogen and oxygen atoms in total. The molecule has 0 radical (unpaired) electrons. The lowest BCUT2D eigenvalue weighted by atomic mass is 9.53. The first kappa shape index (κ1) is 10.6. The van der Waals surface area contributed by atoms with E-state index in [2.05, 4.69) is 5.32 Å². The van der Waals surface area contributed by atoms with E-state index in [1.807, 2.05) is 0 Å². The van der Waals surface area contributed by atoms with Crippen molar-refractivity contribution < 1.29 is 9.53 Å². The Hall–Kier alpha value is -0.570. The Morgan fingerprint density at radius 2 is 1.94 bits per heavy atom. The van der Waals surface area contributed by atoms with Crippen LogP contribution in [-0.4, -0.2) is 24.7 Å². The van der Waals surface area contributed by atoms with Gasteiger partial charge in [-0.1, -0.05) is 19.3 Å². The number of rotatable bonds is 1. The van der Waals surface area contributed by atoms with E-state index in [1.165, 1.54) is 32.1 Å². The molecule has 1 aliphatic heterocycles. The largest absolute Gasteiger partial charge is 0.381 e. The molecule has 1 N–H and O–H groups in total. The van der Waals surface area contributed by atoms with Crippen LogP contribution in [0.2, 0.25) is 0 Å². The average molecular weight is 223 g/mol. The summed E-state index contributed by atoms with van der Waals surface area (Å²) in [5, 5.41) is 3.31. The number of methoxy groups -OCH3 is 1. The maximum absolute atomic E-state index is 11.8. The Morgan fingerprint density at radius 3 is 2.56 bits per heavy atom. The SMILES string of the molecule is COC1CC2(CC(=O)NC23CCCCC3)C1. The van der Waals surface area contributed by atoms with E-state index in [0.717, 1.165) is 19.3 Å². The maximum Gasteiger partial charge on any atom is 0.221 e. The Kier molecular flexibility index (Phi) is 2.29. The fraction of sp³-hybridized carbons (Fsp3) is 0.923. The van der Waals surface area contributed by atoms with Gasteiger partial charge < -0.3 is 10.1 Å². The van der Waals surface area contributed by atoms with Crippen LogP contribution >= 0.6 is 0 Å². The Morgan fingerprint density at radius 1 is 1.25 bits per heavy atom. The second kappa shape index (κ2) is 3.46. The fourth-order valence-corrected chi connectivity index (χ4v) is 4.24. The van der Waals surface area contributed by atoms with E-state index in [-0.39, 0.29) is 16.9 Å². The van der Waals surface area contributed by atoms with E-state index in [0.29, 0.717) is 6.10 Å². The minimum absolute atomic E-state index is 0.136. The van der Waals surface area contributed by atoms with Crippen molar-refractivity contribution in [3.63, 3.8) is 0 Å². The molecule has 0 aromatic heterocycles. The van der Waals surface area contributed by atoms with Crippen molar-refractivity contribution in [3.05, 3.63) is 0 Å². The number of amides is 1. The number of fused-ring (bicyclic) bond motifs is 1. The van der Waals surface area contributed by atoms with Gasteiger partial charge in [0, 0.05) is 24.5 Å². The summed E-state index contributed by atoms with van der Waals surface area (Å²) in [5.41, 5.74) is 0.378. The summed E-state index contributed by atoms with van der Waals surface area (Å²) in [5.74, 6) is 0.274. The zero-order valence-electron chi connectivity index (χ0n) is 10.1. The van der Waals surface area contributed by atoms with Gasteiger partial charge >= 0.3 is 0 Å². The van der Waals surface area contributed by atoms with Crippen molar-refractivity contribution >= 4 is 5.91 Å². The fourth-order valence-electron chi connectivity index (χ4n) is 4.24. The highest BCUT2D eigenvalue weighted by Crippen LogP contribution is 2.60. The van der Waals surface area contributed by atoms with Crippen molar-refractivity contribution in [2.75, 3.05) is 7.11 Å². The normalized spacial score (nSPS) is 41.1. The Balaban J connectivity index is 1.83. The molecular weight excluding hydrogens is 202 g/mol. The van der Waals surface area contributed by atoms with Crippen molar-refractivity contribution in [1.82, 2.24) is 5.32 Å². The lowest BCUT2D eigenvalue weighted by Crippen LogP contribution is -2.60. The van der Waals surface area contributed by atoms with Crippen LogP contribution in [0.3, 0.4) is 0 Å². The van der Waals surface area contributed by atoms with Crippen LogP contribution in [-0.2, 0) is 9.53 Å². The zero-order valence-corrected chi connectivity index (χ0v) is 10.1. The third-order valence-corrected chi connectivity index (χ3v) is 5.17. The molecule has 3 heteroatoms. The molecule has 0 bridgehead atoms. The first-order chi connectivity index (χ1) is 7.70. The topological polar surface area (TPSA) is 38.3 Å². The molecule has 3 fully saturated rings. The van der Waals surface area contributed by atoms with Crippen LogP contribution < -0.4 is 5.32 Å². The third kappa shape index (κ3) is 1.27. The molecule has 2 spiro atoms. The molecule has 2 saturated carbocycles. The van der Waals surface area contributed by atoms with Gasteiger partial charge in [0.25, 0.3) is 0 Å². The van der Waals surface area contributed by atoms with Crippen molar-refractivity contribution in [1.29, 1.82) is 0 Å². The molecule has 3 rings (SSSR count). The van der Waals surface area contributed by atoms with E-state index in [9.17, 15) is 4.79 Å². The molecule has 1 saturated heterocycles. The number of hydrogen-bond donors (Lipinski definition) is 1. The van der Waals surface area contributed by atoms with Crippen LogP contribution in [0, 0.1) is 5.41 Å². The van der Waals surface area contributed by atoms with Crippen LogP contribution in [0.1, 0.15) is 51.4 Å². The molecule has 3 aliphatic rings. The van der Waals surface area contributed by atoms with E-state index >= 15 is 0 Å². The van der Waals surface area contributed by atoms with Gasteiger partial charge in [-0.15, -0.1) is 0 Å². The number of ether oxygens (including phenoxy) is 1. The Bertz CT molecular complexity index is 301. The lowest BCUT2D eigenvalue weighted by molar-refractivity contribution is -0.121. The summed E-state index contributed by atoms with van der Waals surface area (Å²) < 4.78 is 5.40. The highest BCUT2D eigenvalue weighted by molar-refractivity contribution is 5.81. The van der Waals surface area contributed by atoms with Gasteiger partial charge in [0.2, 0.25) is 5.91 Å². The van der Waals surface area contributed by atoms with Gasteiger partial charge in [0.1, 0.15) is 0 Å². The number of carbonyl (C=O) groups excluding carboxylic acids is 1. The van der Waals surface area contributed by atoms with Gasteiger partial charge in [-0.25, -0.2) is 0 Å². The minimum Gasteiger partial charge on any atom is -0.381 e. The number of carbonyl (C=O) groups is 1. The number of hydrogen-bond acceptors (Lipinski definition) is 2. The molecule has 1 heterocycles. The quantitative estimate of drug-likeness (QED) is 0.738. The molecule has 90 valence electrons. The molecule has 0 aromatic rings. The first-order valence-corrected chi connectivity index (χ1v) is 6.54. The smallest absolute Gasteiger partial charge is 0.221 e. The summed E-state index contributed by atoms with van der Waals surface area (Å²) in [6.07, 6.45) is 9.58. The number of nitrogens with one attached hydrogen (secondary N) is 1. The monoisotopic (exact) mass is 223 g/mol. The molecule has 0 unspecified atom stereocenters. The summed E-state index contributed by atoms with van der Waals surface area (Å²) >= 11 is 0. The van der Waals surface area contributed by atoms with Crippen molar-refractivity contribution in [2.45, 2.75) is 63.0 Å². The highest BCUT2D eigenvalue weighted by Gasteiger charge is 2.63. The second-order valence-corrected chi connectivity index (χ2v) is 5.91. The molecule has 2 aliphatic carbocycles. The van der Waals surface area contributed by atoms with E-state index < -0.39 is 0 Å². The molecule has 0 atom stereocenters. The standard InChI is InChI=1S/C13H21NO2/c1-16-10-7-12(8-10)9-11(15)14-13(12)5-3-2-4-6-13/h10H,2-9H2,1H3,(H,14,15). The predicted octanol–water partition coefficient (Wildman–Crippen LogP) is 2.00. The van der Waals surface area contributed by atoms with E-state index in [4.69, 9.17) is 4.74 Å². The van der Waals surface area contributed by atoms with Gasteiger partial charge in [0.05, 0.1) is 6.10 Å². The summed E-state index contributed by atoms with van der Waals surface area (Å²) in [6, 6.07) is 0. The molecule has 16 heavy (non-hydrogen) atoms. The lowest BCUT2D eigenvalue weighted by Gasteiger charge is -2.55. The molecule has 1 amide bonds. The summed E-state index contributed by atoms with van der Waals surface area (Å²) in [6.45, 7) is 0. The molecular formula is C13H21NO2. The van der Waals surface area contributed by atoms with Gasteiger partial charge in [-0.3, -0.25) is 4.79 Å². The van der Waals surface area contributed by atoms with Crippen LogP contribution in [0.25, 0.3) is 0 Å². The van der Waals surface area contributed by atoms with Gasteiger partial charge in [-0.2, -0.15) is 0 Å². The average Bonchev–Trinajstić information content (AvgIpc) is 2.50. The van der Waals surface area contributed by atoms with E-state index in [1.54, 1.807) is 7.11 Å². The molecule has 0 aromatic carbocycles. The van der Waals surface area contributed by atoms with Gasteiger partial charge in [0.15, 0.2) is 0 Å². The summed E-state index contributed by atoms with van der Waals surface area (Å²) in [7, 11) is 1.79. The Labute approximate surface area is 96.9 Å². The predicted molar refractivity (Wildman–Crippen MR) is 61.0 cm³/mol. The van der Waals surface area contributed by atoms with Crippen molar-refractivity contribution in [2.24, 2.45) is 5.41 Å². The van der Waals surface area contributed by atoms with Crippen LogP contribution in [0.4, 0.5) is 0 Å². The van der Waals surface area contributed by atoms with Crippen LogP contribution in [0.5, 0.6) is 0 Å².